The number of carbonyl (C=O) groups is 2. The molecule has 1 aliphatic rings. The van der Waals surface area contributed by atoms with E-state index in [4.69, 9.17) is 12.2 Å². The minimum Gasteiger partial charge on any atom is -0.348 e. The van der Waals surface area contributed by atoms with Crippen molar-refractivity contribution in [3.8, 4) is 0 Å². The van der Waals surface area contributed by atoms with Crippen molar-refractivity contribution in [3.63, 3.8) is 0 Å². The first-order valence-corrected chi connectivity index (χ1v) is 8.28. The molecule has 1 aromatic carbocycles. The fraction of sp³-hybridized carbons (Fsp3) is 0.375. The van der Waals surface area contributed by atoms with Gasteiger partial charge in [-0.25, -0.2) is 0 Å². The zero-order valence-corrected chi connectivity index (χ0v) is 14.2. The molecule has 2 amide bonds. The number of para-hydroxylation sites is 1. The fourth-order valence-electron chi connectivity index (χ4n) is 2.86. The smallest absolute Gasteiger partial charge is 0.227 e. The van der Waals surface area contributed by atoms with E-state index in [0.717, 1.165) is 5.69 Å². The van der Waals surface area contributed by atoms with E-state index in [9.17, 15) is 9.59 Å². The third-order valence-electron chi connectivity index (χ3n) is 4.14. The summed E-state index contributed by atoms with van der Waals surface area (Å²) >= 11 is 5.13. The third kappa shape index (κ3) is 3.23. The predicted octanol–water partition coefficient (Wildman–Crippen LogP) is 1.63. The zero-order chi connectivity index (χ0) is 17.1. The Morgan fingerprint density at radius 2 is 2.17 bits per heavy atom. The highest BCUT2D eigenvalue weighted by Crippen LogP contribution is 2.24. The van der Waals surface area contributed by atoms with Gasteiger partial charge in [0.2, 0.25) is 11.8 Å². The summed E-state index contributed by atoms with van der Waals surface area (Å²) in [7, 11) is 0. The van der Waals surface area contributed by atoms with Crippen molar-refractivity contribution in [2.45, 2.75) is 26.4 Å². The van der Waals surface area contributed by atoms with Crippen molar-refractivity contribution in [1.82, 2.24) is 20.1 Å². The van der Waals surface area contributed by atoms with Crippen LogP contribution in [-0.2, 0) is 22.7 Å². The second kappa shape index (κ2) is 6.96. The van der Waals surface area contributed by atoms with Crippen LogP contribution >= 0.6 is 12.2 Å². The van der Waals surface area contributed by atoms with Crippen LogP contribution in [0.5, 0.6) is 0 Å². The lowest BCUT2D eigenvalue weighted by molar-refractivity contribution is -0.126. The normalized spacial score (nSPS) is 17.3. The van der Waals surface area contributed by atoms with E-state index < -0.39 is 0 Å². The van der Waals surface area contributed by atoms with Crippen LogP contribution in [-0.4, -0.2) is 33.1 Å². The largest absolute Gasteiger partial charge is 0.348 e. The number of aromatic nitrogens is 3. The van der Waals surface area contributed by atoms with Crippen molar-refractivity contribution in [3.05, 3.63) is 40.9 Å². The van der Waals surface area contributed by atoms with Crippen molar-refractivity contribution in [2.24, 2.45) is 5.92 Å². The minimum atomic E-state index is -0.352. The number of benzene rings is 1. The quantitative estimate of drug-likeness (QED) is 0.807. The number of H-pyrrole nitrogens is 1. The van der Waals surface area contributed by atoms with E-state index in [2.05, 4.69) is 15.5 Å². The van der Waals surface area contributed by atoms with Gasteiger partial charge < -0.3 is 14.8 Å². The number of nitrogens with zero attached hydrogens (tertiary/aromatic N) is 3. The van der Waals surface area contributed by atoms with Crippen LogP contribution in [0.1, 0.15) is 19.2 Å². The molecule has 2 N–H and O–H groups in total. The van der Waals surface area contributed by atoms with E-state index in [0.29, 0.717) is 23.7 Å². The first-order chi connectivity index (χ1) is 11.6. The van der Waals surface area contributed by atoms with Gasteiger partial charge in [0.05, 0.1) is 12.5 Å². The van der Waals surface area contributed by atoms with Gasteiger partial charge in [0, 0.05) is 25.2 Å². The van der Waals surface area contributed by atoms with Gasteiger partial charge in [-0.15, -0.1) is 0 Å². The van der Waals surface area contributed by atoms with E-state index >= 15 is 0 Å². The van der Waals surface area contributed by atoms with Gasteiger partial charge in [0.25, 0.3) is 0 Å². The summed E-state index contributed by atoms with van der Waals surface area (Å²) < 4.78 is 2.36. The summed E-state index contributed by atoms with van der Waals surface area (Å²) in [6, 6.07) is 9.40. The van der Waals surface area contributed by atoms with Crippen LogP contribution in [0, 0.1) is 10.7 Å². The maximum atomic E-state index is 12.4. The zero-order valence-electron chi connectivity index (χ0n) is 13.4. The second-order valence-electron chi connectivity index (χ2n) is 5.65. The highest BCUT2D eigenvalue weighted by Gasteiger charge is 2.35. The molecule has 0 unspecified atom stereocenters. The number of hydrogen-bond acceptors (Lipinski definition) is 4. The molecule has 8 heteroatoms. The van der Waals surface area contributed by atoms with Crippen LogP contribution in [0.25, 0.3) is 0 Å². The van der Waals surface area contributed by atoms with Crippen LogP contribution in [0.2, 0.25) is 0 Å². The molecule has 3 rings (SSSR count). The summed E-state index contributed by atoms with van der Waals surface area (Å²) in [6.07, 6.45) is 0.224. The van der Waals surface area contributed by atoms with Crippen LogP contribution in [0.15, 0.2) is 30.3 Å². The molecule has 0 saturated carbocycles. The topological polar surface area (TPSA) is 83.0 Å². The van der Waals surface area contributed by atoms with Crippen LogP contribution in [0.4, 0.5) is 5.69 Å². The van der Waals surface area contributed by atoms with Crippen LogP contribution in [0.3, 0.4) is 0 Å². The lowest BCUT2D eigenvalue weighted by atomic mass is 10.1. The molecule has 0 spiro atoms. The van der Waals surface area contributed by atoms with E-state index in [1.54, 1.807) is 4.90 Å². The van der Waals surface area contributed by atoms with Gasteiger partial charge in [0.15, 0.2) is 10.6 Å². The third-order valence-corrected chi connectivity index (χ3v) is 4.45. The molecule has 24 heavy (non-hydrogen) atoms. The SMILES string of the molecule is CCn1c(CNC(=O)[C@H]2CC(=O)N(c3ccccc3)C2)n[nH]c1=S. The lowest BCUT2D eigenvalue weighted by Crippen LogP contribution is -2.33. The van der Waals surface area contributed by atoms with Crippen molar-refractivity contribution in [1.29, 1.82) is 0 Å². The molecule has 126 valence electrons. The molecule has 1 saturated heterocycles. The van der Waals surface area contributed by atoms with Gasteiger partial charge in [-0.1, -0.05) is 18.2 Å². The van der Waals surface area contributed by atoms with E-state index in [-0.39, 0.29) is 30.7 Å². The van der Waals surface area contributed by atoms with Crippen molar-refractivity contribution >= 4 is 29.7 Å². The molecule has 2 aromatic rings. The van der Waals surface area contributed by atoms with Crippen molar-refractivity contribution in [2.75, 3.05) is 11.4 Å². The number of carbonyl (C=O) groups excluding carboxylic acids is 2. The molecular formula is C16H19N5O2S. The Hall–Kier alpha value is -2.48. The summed E-state index contributed by atoms with van der Waals surface area (Å²) in [4.78, 5) is 26.2. The molecule has 1 atom stereocenters. The van der Waals surface area contributed by atoms with Crippen LogP contribution < -0.4 is 10.2 Å². The van der Waals surface area contributed by atoms with Gasteiger partial charge >= 0.3 is 0 Å². The Labute approximate surface area is 144 Å². The molecule has 1 fully saturated rings. The number of anilines is 1. The predicted molar refractivity (Wildman–Crippen MR) is 91.8 cm³/mol. The Morgan fingerprint density at radius 3 is 2.88 bits per heavy atom. The summed E-state index contributed by atoms with van der Waals surface area (Å²) in [5.41, 5.74) is 0.824. The summed E-state index contributed by atoms with van der Waals surface area (Å²) in [5, 5.41) is 9.69. The first kappa shape index (κ1) is 16.4. The molecule has 1 aromatic heterocycles. The molecule has 0 bridgehead atoms. The maximum Gasteiger partial charge on any atom is 0.227 e. The second-order valence-corrected chi connectivity index (χ2v) is 6.03. The molecular weight excluding hydrogens is 326 g/mol. The standard InChI is InChI=1S/C16H19N5O2S/c1-2-20-13(18-19-16(20)24)9-17-15(23)11-8-14(22)21(10-11)12-6-4-3-5-7-12/h3-7,11H,2,8-10H2,1H3,(H,17,23)(H,19,24)/t11-/m0/s1. The van der Waals surface area contributed by atoms with E-state index in [1.807, 2.05) is 41.8 Å². The molecule has 1 aliphatic heterocycles. The molecule has 7 nitrogen and oxygen atoms in total. The average Bonchev–Trinajstić information content (AvgIpc) is 3.16. The van der Waals surface area contributed by atoms with E-state index in [1.165, 1.54) is 0 Å². The highest BCUT2D eigenvalue weighted by atomic mass is 32.1. The number of hydrogen-bond donors (Lipinski definition) is 2. The lowest BCUT2D eigenvalue weighted by Gasteiger charge is -2.16. The summed E-state index contributed by atoms with van der Waals surface area (Å²) in [6.45, 7) is 3.33. The number of rotatable bonds is 5. The highest BCUT2D eigenvalue weighted by molar-refractivity contribution is 7.71. The van der Waals surface area contributed by atoms with Crippen molar-refractivity contribution < 1.29 is 9.59 Å². The maximum absolute atomic E-state index is 12.4. The van der Waals surface area contributed by atoms with Gasteiger partial charge in [-0.3, -0.25) is 14.7 Å². The Balaban J connectivity index is 1.62. The van der Waals surface area contributed by atoms with Gasteiger partial charge in [0.1, 0.15) is 0 Å². The Bertz CT molecular complexity index is 798. The molecule has 0 radical (unpaired) electrons. The number of amides is 2. The molecule has 2 heterocycles. The average molecular weight is 345 g/mol. The Morgan fingerprint density at radius 1 is 1.42 bits per heavy atom. The number of aromatic amines is 1. The van der Waals surface area contributed by atoms with Gasteiger partial charge in [-0.2, -0.15) is 5.10 Å². The Kier molecular flexibility index (Phi) is 4.75. The monoisotopic (exact) mass is 345 g/mol. The first-order valence-electron chi connectivity index (χ1n) is 7.87. The fourth-order valence-corrected chi connectivity index (χ4v) is 3.14. The molecule has 0 aliphatic carbocycles. The summed E-state index contributed by atoms with van der Waals surface area (Å²) in [5.74, 6) is 0.158. The minimum absolute atomic E-state index is 0.0300. The number of nitrogens with one attached hydrogen (secondary N) is 2. The van der Waals surface area contributed by atoms with Gasteiger partial charge in [-0.05, 0) is 31.3 Å².